The lowest BCUT2D eigenvalue weighted by Crippen LogP contribution is -2.38. The number of hydrogen-bond acceptors (Lipinski definition) is 23. The van der Waals surface area contributed by atoms with Gasteiger partial charge in [0.2, 0.25) is 0 Å². The number of nitrogens with zero attached hydrogens (tertiary/aromatic N) is 5. The van der Waals surface area contributed by atoms with E-state index in [1.165, 1.54) is 70.3 Å². The second-order valence-electron chi connectivity index (χ2n) is 42.4. The van der Waals surface area contributed by atoms with Crippen LogP contribution in [0.2, 0.25) is 0 Å². The van der Waals surface area contributed by atoms with E-state index in [9.17, 15) is 63.0 Å². The van der Waals surface area contributed by atoms with E-state index in [1.807, 2.05) is 142 Å². The smallest absolute Gasteiger partial charge is 0.407 e. The molecule has 0 aliphatic carbocycles. The lowest BCUT2D eigenvalue weighted by molar-refractivity contribution is -0.153. The lowest BCUT2D eigenvalue weighted by atomic mass is 9.88. The number of carbonyl (C=O) groups is 11. The Kier molecular flexibility index (Phi) is 42.2. The highest BCUT2D eigenvalue weighted by atomic mass is 16.8. The van der Waals surface area contributed by atoms with Crippen molar-refractivity contribution in [2.45, 2.75) is 271 Å². The number of benzene rings is 8. The van der Waals surface area contributed by atoms with Crippen LogP contribution in [-0.4, -0.2) is 272 Å². The van der Waals surface area contributed by atoms with Crippen LogP contribution in [0.4, 0.5) is 14.4 Å². The van der Waals surface area contributed by atoms with Crippen LogP contribution < -0.4 is 32.3 Å². The van der Waals surface area contributed by atoms with E-state index in [1.54, 1.807) is 70.5 Å². The quantitative estimate of drug-likeness (QED) is 0.0335. The van der Waals surface area contributed by atoms with Gasteiger partial charge in [-0.3, -0.25) is 24.0 Å². The molecule has 9 heterocycles. The Morgan fingerprint density at radius 1 is 0.336 bits per heavy atom. The molecule has 8 aromatic rings. The maximum atomic E-state index is 13.4. The highest BCUT2D eigenvalue weighted by molar-refractivity contribution is 6.02. The molecule has 34 heteroatoms. The Bertz CT molecular complexity index is 5810. The van der Waals surface area contributed by atoms with Crippen LogP contribution in [-0.2, 0) is 59.3 Å². The molecule has 9 aliphatic rings. The van der Waals surface area contributed by atoms with Crippen molar-refractivity contribution >= 4 is 65.7 Å². The fourth-order valence-electron chi connectivity index (χ4n) is 19.2. The minimum absolute atomic E-state index is 0. The van der Waals surface area contributed by atoms with Crippen molar-refractivity contribution < 1.29 is 111 Å². The van der Waals surface area contributed by atoms with Crippen molar-refractivity contribution in [3.8, 4) is 0 Å². The molecular formula is C115H153N11O23. The number of rotatable bonds is 19. The van der Waals surface area contributed by atoms with Crippen molar-refractivity contribution in [1.82, 2.24) is 51.1 Å². The number of nitrogens with two attached hydrogens (primary N) is 1. The Balaban J connectivity index is 0.000000192. The Hall–Kier alpha value is -13.0. The van der Waals surface area contributed by atoms with Gasteiger partial charge in [0, 0.05) is 119 Å². The first kappa shape index (κ1) is 118. The van der Waals surface area contributed by atoms with Crippen LogP contribution in [0.3, 0.4) is 0 Å². The predicted molar refractivity (Wildman–Crippen MR) is 566 cm³/mol. The number of ether oxygens (including phenoxy) is 7. The first-order chi connectivity index (χ1) is 69.7. The van der Waals surface area contributed by atoms with E-state index in [2.05, 4.69) is 81.2 Å². The molecule has 0 saturated carbocycles. The van der Waals surface area contributed by atoms with Crippen LogP contribution in [0.15, 0.2) is 194 Å². The van der Waals surface area contributed by atoms with Crippen LogP contribution in [0.1, 0.15) is 307 Å². The summed E-state index contributed by atoms with van der Waals surface area (Å²) in [5.41, 5.74) is 15.9. The van der Waals surface area contributed by atoms with Gasteiger partial charge in [0.1, 0.15) is 41.2 Å². The number of piperidine rings is 4. The second kappa shape index (κ2) is 53.4. The van der Waals surface area contributed by atoms with Crippen molar-refractivity contribution in [2.75, 3.05) is 91.6 Å². The molecule has 8 aromatic carbocycles. The van der Waals surface area contributed by atoms with Gasteiger partial charge in [-0.25, -0.2) is 28.8 Å². The molecule has 149 heavy (non-hydrogen) atoms. The molecule has 0 spiro atoms. The van der Waals surface area contributed by atoms with Gasteiger partial charge < -0.3 is 116 Å². The Morgan fingerprint density at radius 2 is 0.577 bits per heavy atom. The average Bonchev–Trinajstić information content (AvgIpc) is 1.63. The van der Waals surface area contributed by atoms with Gasteiger partial charge >= 0.3 is 36.2 Å². The number of nitrogens with one attached hydrogen (secondary N) is 5. The first-order valence-corrected chi connectivity index (χ1v) is 50.7. The number of carboxylic acids is 3. The number of carbonyl (C=O) groups excluding carboxylic acids is 8. The third-order valence-electron chi connectivity index (χ3n) is 26.4. The summed E-state index contributed by atoms with van der Waals surface area (Å²) in [6, 6.07) is 58.3. The molecule has 9 saturated heterocycles. The summed E-state index contributed by atoms with van der Waals surface area (Å²) in [6.07, 6.45) is 4.72. The normalized spacial score (nSPS) is 19.9. The number of aromatic carboxylic acids is 3. The summed E-state index contributed by atoms with van der Waals surface area (Å²) in [6.45, 7) is 35.2. The van der Waals surface area contributed by atoms with E-state index in [0.717, 1.165) is 93.0 Å². The molecule has 17 rings (SSSR count). The van der Waals surface area contributed by atoms with Gasteiger partial charge in [-0.15, -0.1) is 0 Å². The maximum absolute atomic E-state index is 13.4. The van der Waals surface area contributed by atoms with Gasteiger partial charge in [0.25, 0.3) is 29.5 Å². The summed E-state index contributed by atoms with van der Waals surface area (Å²) >= 11 is 0. The van der Waals surface area contributed by atoms with Gasteiger partial charge in [-0.05, 0) is 295 Å². The molecule has 34 nitrogen and oxygen atoms in total. The number of β-amino-alcohol motifs (C(OH)–C–C–N with tert-alkyl or cyclic N) is 2. The van der Waals surface area contributed by atoms with Crippen LogP contribution in [0.25, 0.3) is 0 Å². The van der Waals surface area contributed by atoms with E-state index in [-0.39, 0.29) is 110 Å². The Morgan fingerprint density at radius 3 is 0.866 bits per heavy atom. The fourth-order valence-corrected chi connectivity index (χ4v) is 19.2. The number of alkyl carbamates (subject to hydrolysis) is 3. The van der Waals surface area contributed by atoms with Gasteiger partial charge in [-0.2, -0.15) is 0 Å². The van der Waals surface area contributed by atoms with E-state index in [0.29, 0.717) is 130 Å². The summed E-state index contributed by atoms with van der Waals surface area (Å²) in [7, 11) is 0. The monoisotopic (exact) mass is 2060 g/mol. The molecule has 0 unspecified atom stereocenters. The highest BCUT2D eigenvalue weighted by Gasteiger charge is 2.49. The summed E-state index contributed by atoms with van der Waals surface area (Å²) in [5.74, 6) is -3.23. The van der Waals surface area contributed by atoms with Crippen molar-refractivity contribution in [2.24, 2.45) is 5.73 Å². The molecule has 8 amide bonds. The molecule has 9 fully saturated rings. The third-order valence-corrected chi connectivity index (χ3v) is 26.4. The molecule has 0 bridgehead atoms. The van der Waals surface area contributed by atoms with E-state index in [4.69, 9.17) is 54.2 Å². The number of fused-ring (bicyclic) bond motifs is 2. The SMILES string of the molecule is C.C.CC(C)(C)OC(=O)NCc1cccc(C2CCN(C(=O)c3cccc(C(=O)N4C[C@@H]5OC(C)(C)O[C@@H]5C4)c3)CC2)c1.CC(C)(C)OC(=O)NCc1cccc(C2CCN(C(=O)c3cccc(C(=O)O)c3)CC2)c1.CC(C)(C)OC(=O)NCc1cccc(C2CCNCC2)c1.CC1(C)O[C@H]2CNC[C@H]2O1.NCc1cccc(C2CCN(C(=O)c3cccc(C(=O)N4C[C@@H](O)[C@@H](O)C4)c3)CC2)c1.O=C(O)c1cccc(C(=O)O)c1. The van der Waals surface area contributed by atoms with Crippen molar-refractivity contribution in [3.05, 3.63) is 283 Å². The van der Waals surface area contributed by atoms with Gasteiger partial charge in [-0.1, -0.05) is 136 Å². The largest absolute Gasteiger partial charge is 0.478 e. The average molecular weight is 2060 g/mol. The molecule has 6 atom stereocenters. The van der Waals surface area contributed by atoms with Gasteiger partial charge in [0.15, 0.2) is 11.6 Å². The molecule has 0 radical (unpaired) electrons. The van der Waals surface area contributed by atoms with Crippen LogP contribution >= 0.6 is 0 Å². The number of carboxylic acid groups (broad SMARTS) is 3. The minimum Gasteiger partial charge on any atom is -0.478 e. The van der Waals surface area contributed by atoms with Crippen molar-refractivity contribution in [3.63, 3.8) is 0 Å². The summed E-state index contributed by atoms with van der Waals surface area (Å²) < 4.78 is 38.9. The third kappa shape index (κ3) is 35.6. The number of aliphatic hydroxyl groups excluding tert-OH is 2. The van der Waals surface area contributed by atoms with Crippen LogP contribution in [0, 0.1) is 0 Å². The minimum atomic E-state index is -1.13. The molecule has 0 aromatic heterocycles. The first-order valence-electron chi connectivity index (χ1n) is 50.7. The second-order valence-corrected chi connectivity index (χ2v) is 42.4. The van der Waals surface area contributed by atoms with Gasteiger partial charge in [0.05, 0.1) is 42.0 Å². The zero-order chi connectivity index (χ0) is 106. The number of likely N-dealkylation sites (tertiary alicyclic amines) is 5. The number of aliphatic hydroxyl groups is 2. The van der Waals surface area contributed by atoms with Crippen LogP contribution in [0.5, 0.6) is 0 Å². The molecule has 9 aliphatic heterocycles. The molecule has 806 valence electrons. The summed E-state index contributed by atoms with van der Waals surface area (Å²) in [4.78, 5) is 141. The maximum Gasteiger partial charge on any atom is 0.407 e. The van der Waals surface area contributed by atoms with E-state index < -0.39 is 64.9 Å². The lowest BCUT2D eigenvalue weighted by Gasteiger charge is -2.32. The molecule has 12 N–H and O–H groups in total. The standard InChI is InChI=1S/C32H41N3O6.C25H30N2O5.C24H29N3O4.C17H26N2O2.C8H6O4.C7H13NO2.2CH4/c1-31(2,3)41-30(38)33-18-21-8-6-9-23(16-21)22-12-14-34(15-13-22)28(36)24-10-7-11-25(17-24)29(37)35-19-26-27(20-35)40-32(4,5)39-26;1-25(2,3)32-24(31)26-16-17-6-4-7-19(14-17)18-10-12-27(13-11-18)22(28)20-8-5-9-21(15-20)23(29)30;25-13-16-3-1-4-18(11-16)17-7-9-26(10-8-17)23(30)19-5-2-6-20(12-19)24(31)27-14-21(28)22(29)15-27;1-17(2,3)21-16(20)19-12-13-5-4-6-15(11-13)14-7-9-18-10-8-14;9-7(10)5-2-1-3-6(4-5)8(11)12;1-7(2)9-5-3-8-4-6(5)10-7;;/h6-11,16-17,22,26-27H,12-15,18-20H2,1-5H3,(H,33,38);4-9,14-15,18H,10-13,16H2,1-3H3,(H,26,31)(H,29,30);1-6,11-12,17,21-22,28-29H,7-10,13-15,25H2;4-6,11,14,18H,7-10,12H2,1-3H3,(H,19,20);1-4H,(H,9,10)(H,11,12);5-6,8H,3-4H2,1-2H3;2*1H4/t26-,27+;;21-,22+;;;5-,6+;;. The number of hydrogen-bond donors (Lipinski definition) is 11. The molecular weight excluding hydrogens is 1900 g/mol. The predicted octanol–water partition coefficient (Wildman–Crippen LogP) is 16.1. The highest BCUT2D eigenvalue weighted by Crippen LogP contribution is 2.38. The van der Waals surface area contributed by atoms with Crippen molar-refractivity contribution in [1.29, 1.82) is 0 Å². The fraction of sp³-hybridized carbons (Fsp3) is 0.487. The summed E-state index contributed by atoms with van der Waals surface area (Å²) in [5, 5.41) is 60.6. The number of amides is 8. The zero-order valence-electron chi connectivity index (χ0n) is 86.5. The topological polar surface area (TPSA) is 456 Å². The van der Waals surface area contributed by atoms with E-state index >= 15 is 0 Å². The Labute approximate surface area is 875 Å². The zero-order valence-corrected chi connectivity index (χ0v) is 86.5.